The molecular formula is C14H26. The van der Waals surface area contributed by atoms with Crippen LogP contribution in [0.2, 0.25) is 0 Å². The van der Waals surface area contributed by atoms with Gasteiger partial charge in [0.25, 0.3) is 0 Å². The molecule has 0 heteroatoms. The second kappa shape index (κ2) is 3.87. The lowest BCUT2D eigenvalue weighted by atomic mass is 9.61. The Morgan fingerprint density at radius 2 is 1.71 bits per heavy atom. The molecule has 0 N–H and O–H groups in total. The Hall–Kier alpha value is 0. The summed E-state index contributed by atoms with van der Waals surface area (Å²) in [5.74, 6) is 2.96. The van der Waals surface area contributed by atoms with Crippen LogP contribution in [-0.4, -0.2) is 0 Å². The molecule has 0 aromatic rings. The fraction of sp³-hybridized carbons (Fsp3) is 1.00. The van der Waals surface area contributed by atoms with Crippen LogP contribution in [0.15, 0.2) is 0 Å². The molecule has 0 aromatic carbocycles. The molecule has 1 unspecified atom stereocenters. The standard InChI is InChI=1S/C14H26/c1-11(2)13-7-6-12(3)14(10-13)8-4-5-9-14/h11-13H,4-10H2,1-3H3/t12?,13-/m0/s1. The largest absolute Gasteiger partial charge is 0.0625 e. The summed E-state index contributed by atoms with van der Waals surface area (Å²) in [6, 6.07) is 0. The Morgan fingerprint density at radius 3 is 2.29 bits per heavy atom. The van der Waals surface area contributed by atoms with Gasteiger partial charge in [0.15, 0.2) is 0 Å². The van der Waals surface area contributed by atoms with Gasteiger partial charge in [-0.15, -0.1) is 0 Å². The van der Waals surface area contributed by atoms with Crippen LogP contribution in [0.1, 0.15) is 65.7 Å². The Morgan fingerprint density at radius 1 is 1.07 bits per heavy atom. The summed E-state index contributed by atoms with van der Waals surface area (Å²) in [6.45, 7) is 7.36. The minimum Gasteiger partial charge on any atom is -0.0625 e. The molecule has 0 radical (unpaired) electrons. The summed E-state index contributed by atoms with van der Waals surface area (Å²) in [4.78, 5) is 0. The van der Waals surface area contributed by atoms with Gasteiger partial charge in [0.05, 0.1) is 0 Å². The van der Waals surface area contributed by atoms with E-state index in [2.05, 4.69) is 20.8 Å². The second-order valence-corrected chi connectivity index (χ2v) is 6.26. The van der Waals surface area contributed by atoms with Crippen molar-refractivity contribution >= 4 is 0 Å². The topological polar surface area (TPSA) is 0 Å². The van der Waals surface area contributed by atoms with E-state index in [1.165, 1.54) is 38.5 Å². The zero-order chi connectivity index (χ0) is 10.2. The van der Waals surface area contributed by atoms with Crippen LogP contribution in [0, 0.1) is 23.2 Å². The average Bonchev–Trinajstić information content (AvgIpc) is 2.59. The summed E-state index contributed by atoms with van der Waals surface area (Å²) in [5.41, 5.74) is 0.785. The van der Waals surface area contributed by atoms with Gasteiger partial charge in [-0.25, -0.2) is 0 Å². The zero-order valence-corrected chi connectivity index (χ0v) is 10.2. The van der Waals surface area contributed by atoms with E-state index in [4.69, 9.17) is 0 Å². The van der Waals surface area contributed by atoms with E-state index < -0.39 is 0 Å². The average molecular weight is 194 g/mol. The Kier molecular flexibility index (Phi) is 2.91. The lowest BCUT2D eigenvalue weighted by Crippen LogP contribution is -2.35. The quantitative estimate of drug-likeness (QED) is 0.570. The first-order chi connectivity index (χ1) is 6.64. The van der Waals surface area contributed by atoms with Crippen molar-refractivity contribution in [3.63, 3.8) is 0 Å². The molecular weight excluding hydrogens is 168 g/mol. The van der Waals surface area contributed by atoms with Crippen molar-refractivity contribution in [2.24, 2.45) is 23.2 Å². The van der Waals surface area contributed by atoms with Gasteiger partial charge >= 0.3 is 0 Å². The maximum atomic E-state index is 2.52. The molecule has 2 saturated carbocycles. The van der Waals surface area contributed by atoms with Gasteiger partial charge in [0.1, 0.15) is 0 Å². The van der Waals surface area contributed by atoms with Crippen LogP contribution in [0.5, 0.6) is 0 Å². The molecule has 2 rings (SSSR count). The second-order valence-electron chi connectivity index (χ2n) is 6.26. The highest BCUT2D eigenvalue weighted by Gasteiger charge is 2.43. The maximum Gasteiger partial charge on any atom is -0.0269 e. The first-order valence-corrected chi connectivity index (χ1v) is 6.64. The van der Waals surface area contributed by atoms with Crippen molar-refractivity contribution in [3.05, 3.63) is 0 Å². The molecule has 0 saturated heterocycles. The predicted molar refractivity (Wildman–Crippen MR) is 62.2 cm³/mol. The molecule has 0 nitrogen and oxygen atoms in total. The van der Waals surface area contributed by atoms with Crippen molar-refractivity contribution in [2.45, 2.75) is 65.7 Å². The zero-order valence-electron chi connectivity index (χ0n) is 10.2. The van der Waals surface area contributed by atoms with Crippen molar-refractivity contribution in [1.82, 2.24) is 0 Å². The third-order valence-electron chi connectivity index (χ3n) is 5.23. The third kappa shape index (κ3) is 1.73. The summed E-state index contributed by atoms with van der Waals surface area (Å²) in [7, 11) is 0. The molecule has 2 atom stereocenters. The SMILES string of the molecule is CC(C)[C@H]1CCC(C)C2(CCCC2)C1. The minimum atomic E-state index is 0.785. The lowest BCUT2D eigenvalue weighted by Gasteiger charge is -2.45. The van der Waals surface area contributed by atoms with Crippen LogP contribution in [0.3, 0.4) is 0 Å². The van der Waals surface area contributed by atoms with Gasteiger partial charge in [-0.05, 0) is 55.3 Å². The molecule has 1 spiro atoms. The van der Waals surface area contributed by atoms with E-state index >= 15 is 0 Å². The first kappa shape index (κ1) is 10.5. The van der Waals surface area contributed by atoms with E-state index in [9.17, 15) is 0 Å². The smallest absolute Gasteiger partial charge is 0.0269 e. The molecule has 0 heterocycles. The van der Waals surface area contributed by atoms with Gasteiger partial charge in [0, 0.05) is 0 Å². The molecule has 0 aromatic heterocycles. The molecule has 0 aliphatic heterocycles. The van der Waals surface area contributed by atoms with Gasteiger partial charge in [-0.3, -0.25) is 0 Å². The van der Waals surface area contributed by atoms with Crippen LogP contribution in [-0.2, 0) is 0 Å². The lowest BCUT2D eigenvalue weighted by molar-refractivity contribution is 0.0570. The van der Waals surface area contributed by atoms with Crippen molar-refractivity contribution < 1.29 is 0 Å². The summed E-state index contributed by atoms with van der Waals surface area (Å²) < 4.78 is 0. The summed E-state index contributed by atoms with van der Waals surface area (Å²) >= 11 is 0. The van der Waals surface area contributed by atoms with E-state index in [0.29, 0.717) is 0 Å². The monoisotopic (exact) mass is 194 g/mol. The summed E-state index contributed by atoms with van der Waals surface area (Å²) in [5, 5.41) is 0. The van der Waals surface area contributed by atoms with Gasteiger partial charge in [-0.2, -0.15) is 0 Å². The molecule has 82 valence electrons. The Balaban J connectivity index is 2.06. The highest BCUT2D eigenvalue weighted by Crippen LogP contribution is 2.54. The molecule has 0 amide bonds. The van der Waals surface area contributed by atoms with Crippen molar-refractivity contribution in [1.29, 1.82) is 0 Å². The Labute approximate surface area is 89.5 Å². The van der Waals surface area contributed by atoms with Gasteiger partial charge in [-0.1, -0.05) is 33.6 Å². The Bertz CT molecular complexity index is 186. The highest BCUT2D eigenvalue weighted by atomic mass is 14.5. The van der Waals surface area contributed by atoms with Crippen molar-refractivity contribution in [3.8, 4) is 0 Å². The minimum absolute atomic E-state index is 0.785. The van der Waals surface area contributed by atoms with E-state index in [1.54, 1.807) is 6.42 Å². The van der Waals surface area contributed by atoms with Crippen LogP contribution >= 0.6 is 0 Å². The van der Waals surface area contributed by atoms with Crippen LogP contribution in [0.25, 0.3) is 0 Å². The molecule has 2 aliphatic rings. The molecule has 2 fully saturated rings. The van der Waals surface area contributed by atoms with E-state index in [-0.39, 0.29) is 0 Å². The van der Waals surface area contributed by atoms with Crippen molar-refractivity contribution in [2.75, 3.05) is 0 Å². The maximum absolute atomic E-state index is 2.52. The van der Waals surface area contributed by atoms with Crippen LogP contribution < -0.4 is 0 Å². The fourth-order valence-electron chi connectivity index (χ4n) is 3.94. The third-order valence-corrected chi connectivity index (χ3v) is 5.23. The fourth-order valence-corrected chi connectivity index (χ4v) is 3.94. The summed E-state index contributed by atoms with van der Waals surface area (Å²) in [6.07, 6.45) is 10.6. The number of rotatable bonds is 1. The molecule has 0 bridgehead atoms. The van der Waals surface area contributed by atoms with Gasteiger partial charge < -0.3 is 0 Å². The predicted octanol–water partition coefficient (Wildman–Crippen LogP) is 4.64. The van der Waals surface area contributed by atoms with E-state index in [1.807, 2.05) is 0 Å². The molecule has 2 aliphatic carbocycles. The highest BCUT2D eigenvalue weighted by molar-refractivity contribution is 4.94. The van der Waals surface area contributed by atoms with Crippen LogP contribution in [0.4, 0.5) is 0 Å². The normalized spacial score (nSPS) is 36.9. The molecule has 14 heavy (non-hydrogen) atoms. The van der Waals surface area contributed by atoms with E-state index in [0.717, 1.165) is 23.2 Å². The first-order valence-electron chi connectivity index (χ1n) is 6.64. The number of hydrogen-bond acceptors (Lipinski definition) is 0. The number of hydrogen-bond donors (Lipinski definition) is 0. The van der Waals surface area contributed by atoms with Gasteiger partial charge in [0.2, 0.25) is 0 Å².